The first-order valence-electron chi connectivity index (χ1n) is 3.95. The van der Waals surface area contributed by atoms with Crippen LogP contribution in [0.15, 0.2) is 18.2 Å². The van der Waals surface area contributed by atoms with Crippen molar-refractivity contribution in [3.05, 3.63) is 33.8 Å². The van der Waals surface area contributed by atoms with Crippen LogP contribution in [0.2, 0.25) is 10.0 Å². The van der Waals surface area contributed by atoms with Gasteiger partial charge in [-0.2, -0.15) is 0 Å². The average Bonchev–Trinajstić information content (AvgIpc) is 2.20. The molecule has 1 aromatic rings. The van der Waals surface area contributed by atoms with Crippen LogP contribution in [0.1, 0.15) is 5.56 Å². The van der Waals surface area contributed by atoms with Crippen LogP contribution in [0.5, 0.6) is 0 Å². The fraction of sp³-hybridized carbons (Fsp3) is 0.111. The number of carbonyl (C=O) groups is 2. The number of carboxylic acid groups (broad SMARTS) is 2. The normalized spacial score (nSPS) is 11.2. The van der Waals surface area contributed by atoms with Gasteiger partial charge in [0, 0.05) is 5.56 Å². The smallest absolute Gasteiger partial charge is 0.352 e. The van der Waals surface area contributed by atoms with Crippen molar-refractivity contribution in [1.82, 2.24) is 0 Å². The molecule has 0 radical (unpaired) electrons. The number of hydrogen-bond donors (Lipinski definition) is 3. The minimum absolute atomic E-state index is 0.0416. The molecule has 0 fully saturated rings. The van der Waals surface area contributed by atoms with Crippen LogP contribution in [-0.4, -0.2) is 27.3 Å². The Morgan fingerprint density at radius 2 is 1.56 bits per heavy atom. The summed E-state index contributed by atoms with van der Waals surface area (Å²) in [5.74, 6) is -3.81. The number of aliphatic hydroxyl groups is 1. The first kappa shape index (κ1) is 12.8. The fourth-order valence-corrected chi connectivity index (χ4v) is 1.36. The van der Waals surface area contributed by atoms with Crippen LogP contribution >= 0.6 is 23.2 Å². The predicted octanol–water partition coefficient (Wildman–Crippen LogP) is 1.35. The summed E-state index contributed by atoms with van der Waals surface area (Å²) >= 11 is 11.2. The van der Waals surface area contributed by atoms with Crippen LogP contribution < -0.4 is 0 Å². The molecule has 0 saturated carbocycles. The summed E-state index contributed by atoms with van der Waals surface area (Å²) in [5.41, 5.74) is -3.41. The standard InChI is InChI=1S/C9H6Cl2O5/c10-5-2-1-4(3-6(5)11)9(16,7(12)13)8(14)15/h1-3,16H,(H,12,13)(H,14,15). The second-order valence-corrected chi connectivity index (χ2v) is 3.76. The summed E-state index contributed by atoms with van der Waals surface area (Å²) in [6, 6.07) is 3.28. The quantitative estimate of drug-likeness (QED) is 0.717. The molecule has 16 heavy (non-hydrogen) atoms. The van der Waals surface area contributed by atoms with Crippen molar-refractivity contribution in [2.24, 2.45) is 0 Å². The van der Waals surface area contributed by atoms with Crippen molar-refractivity contribution in [3.63, 3.8) is 0 Å². The molecule has 0 atom stereocenters. The van der Waals surface area contributed by atoms with Gasteiger partial charge in [-0.3, -0.25) is 0 Å². The monoisotopic (exact) mass is 264 g/mol. The summed E-state index contributed by atoms with van der Waals surface area (Å²) < 4.78 is 0. The van der Waals surface area contributed by atoms with Gasteiger partial charge in [-0.05, 0) is 12.1 Å². The van der Waals surface area contributed by atoms with E-state index in [0.29, 0.717) is 0 Å². The minimum Gasteiger partial charge on any atom is -0.478 e. The lowest BCUT2D eigenvalue weighted by Gasteiger charge is -2.18. The zero-order chi connectivity index (χ0) is 12.5. The topological polar surface area (TPSA) is 94.8 Å². The Morgan fingerprint density at radius 1 is 1.06 bits per heavy atom. The Morgan fingerprint density at radius 3 is 1.94 bits per heavy atom. The van der Waals surface area contributed by atoms with Crippen LogP contribution in [0.3, 0.4) is 0 Å². The molecule has 0 aliphatic carbocycles. The fourth-order valence-electron chi connectivity index (χ4n) is 1.06. The van der Waals surface area contributed by atoms with E-state index < -0.39 is 17.5 Å². The van der Waals surface area contributed by atoms with E-state index in [9.17, 15) is 14.7 Å². The summed E-state index contributed by atoms with van der Waals surface area (Å²) in [6.07, 6.45) is 0. The molecule has 0 unspecified atom stereocenters. The Bertz CT molecular complexity index is 443. The lowest BCUT2D eigenvalue weighted by molar-refractivity contribution is -0.177. The average molecular weight is 265 g/mol. The zero-order valence-corrected chi connectivity index (χ0v) is 9.16. The molecule has 5 nitrogen and oxygen atoms in total. The lowest BCUT2D eigenvalue weighted by atomic mass is 9.94. The molecular weight excluding hydrogens is 259 g/mol. The largest absolute Gasteiger partial charge is 0.478 e. The van der Waals surface area contributed by atoms with Gasteiger partial charge in [-0.25, -0.2) is 9.59 Å². The molecule has 0 aliphatic rings. The number of rotatable bonds is 3. The Hall–Kier alpha value is -1.30. The molecule has 0 heterocycles. The van der Waals surface area contributed by atoms with Crippen molar-refractivity contribution in [3.8, 4) is 0 Å². The third kappa shape index (κ3) is 1.97. The number of halogens is 2. The van der Waals surface area contributed by atoms with Gasteiger partial charge in [0.15, 0.2) is 0 Å². The Kier molecular flexibility index (Phi) is 3.42. The number of hydrogen-bond acceptors (Lipinski definition) is 3. The van der Waals surface area contributed by atoms with Gasteiger partial charge in [-0.1, -0.05) is 29.3 Å². The first-order chi connectivity index (χ1) is 7.30. The highest BCUT2D eigenvalue weighted by atomic mass is 35.5. The van der Waals surface area contributed by atoms with E-state index in [1.54, 1.807) is 0 Å². The van der Waals surface area contributed by atoms with Crippen LogP contribution in [0.25, 0.3) is 0 Å². The SMILES string of the molecule is O=C(O)C(O)(C(=O)O)c1ccc(Cl)c(Cl)c1. The highest BCUT2D eigenvalue weighted by Gasteiger charge is 2.46. The van der Waals surface area contributed by atoms with E-state index in [1.165, 1.54) is 6.07 Å². The Balaban J connectivity index is 3.39. The summed E-state index contributed by atoms with van der Waals surface area (Å²) in [5, 5.41) is 27.1. The molecule has 0 spiro atoms. The minimum atomic E-state index is -3.03. The molecule has 86 valence electrons. The summed E-state index contributed by atoms with van der Waals surface area (Å²) in [4.78, 5) is 21.5. The molecule has 0 saturated heterocycles. The number of aliphatic carboxylic acids is 2. The highest BCUT2D eigenvalue weighted by molar-refractivity contribution is 6.42. The van der Waals surface area contributed by atoms with Gasteiger partial charge < -0.3 is 15.3 Å². The van der Waals surface area contributed by atoms with Gasteiger partial charge in [0.05, 0.1) is 10.0 Å². The van der Waals surface area contributed by atoms with Crippen molar-refractivity contribution in [2.75, 3.05) is 0 Å². The third-order valence-electron chi connectivity index (χ3n) is 1.96. The van der Waals surface area contributed by atoms with Gasteiger partial charge in [-0.15, -0.1) is 0 Å². The lowest BCUT2D eigenvalue weighted by Crippen LogP contribution is -2.43. The highest BCUT2D eigenvalue weighted by Crippen LogP contribution is 2.29. The number of carboxylic acids is 2. The van der Waals surface area contributed by atoms with Crippen molar-refractivity contribution in [1.29, 1.82) is 0 Å². The number of benzene rings is 1. The zero-order valence-electron chi connectivity index (χ0n) is 7.65. The maximum absolute atomic E-state index is 10.8. The second-order valence-electron chi connectivity index (χ2n) is 2.95. The summed E-state index contributed by atoms with van der Waals surface area (Å²) in [7, 11) is 0. The van der Waals surface area contributed by atoms with Crippen LogP contribution in [0, 0.1) is 0 Å². The molecule has 1 aromatic carbocycles. The molecule has 7 heteroatoms. The van der Waals surface area contributed by atoms with E-state index in [0.717, 1.165) is 12.1 Å². The van der Waals surface area contributed by atoms with Gasteiger partial charge in [0.25, 0.3) is 5.60 Å². The molecule has 0 amide bonds. The third-order valence-corrected chi connectivity index (χ3v) is 2.70. The molecule has 0 bridgehead atoms. The summed E-state index contributed by atoms with van der Waals surface area (Å²) in [6.45, 7) is 0. The molecule has 0 aromatic heterocycles. The van der Waals surface area contributed by atoms with Crippen LogP contribution in [0.4, 0.5) is 0 Å². The predicted molar refractivity (Wildman–Crippen MR) is 55.6 cm³/mol. The van der Waals surface area contributed by atoms with E-state index in [-0.39, 0.29) is 15.6 Å². The molecule has 1 rings (SSSR count). The van der Waals surface area contributed by atoms with E-state index in [4.69, 9.17) is 33.4 Å². The van der Waals surface area contributed by atoms with Crippen molar-refractivity contribution < 1.29 is 24.9 Å². The molecule has 3 N–H and O–H groups in total. The van der Waals surface area contributed by atoms with Gasteiger partial charge in [0.2, 0.25) is 0 Å². The van der Waals surface area contributed by atoms with Crippen molar-refractivity contribution >= 4 is 35.1 Å². The Labute approximate surface area is 99.8 Å². The van der Waals surface area contributed by atoms with E-state index >= 15 is 0 Å². The maximum atomic E-state index is 10.8. The van der Waals surface area contributed by atoms with E-state index in [2.05, 4.69) is 0 Å². The van der Waals surface area contributed by atoms with E-state index in [1.807, 2.05) is 0 Å². The second kappa shape index (κ2) is 4.29. The maximum Gasteiger partial charge on any atom is 0.352 e. The molecular formula is C9H6Cl2O5. The molecule has 0 aliphatic heterocycles. The first-order valence-corrected chi connectivity index (χ1v) is 4.70. The van der Waals surface area contributed by atoms with Crippen LogP contribution in [-0.2, 0) is 15.2 Å². The van der Waals surface area contributed by atoms with Gasteiger partial charge in [0.1, 0.15) is 0 Å². The van der Waals surface area contributed by atoms with Crippen molar-refractivity contribution in [2.45, 2.75) is 5.60 Å². The van der Waals surface area contributed by atoms with Gasteiger partial charge >= 0.3 is 11.9 Å².